The smallest absolute Gasteiger partial charge is 0.336 e. The van der Waals surface area contributed by atoms with Crippen molar-refractivity contribution in [2.45, 2.75) is 4.21 Å². The molecule has 1 aromatic heterocycles. The average Bonchev–Trinajstić information content (AvgIpc) is 2.83. The predicted molar refractivity (Wildman–Crippen MR) is 81.2 cm³/mol. The molecule has 5 nitrogen and oxygen atoms in total. The lowest BCUT2D eigenvalue weighted by Gasteiger charge is -2.08. The van der Waals surface area contributed by atoms with Gasteiger partial charge >= 0.3 is 5.97 Å². The molecular weight excluding hydrogens is 390 g/mol. The molecule has 0 aliphatic heterocycles. The third-order valence-electron chi connectivity index (χ3n) is 2.26. The minimum Gasteiger partial charge on any atom is -0.478 e. The summed E-state index contributed by atoms with van der Waals surface area (Å²) in [5, 5.41) is 10.5. The summed E-state index contributed by atoms with van der Waals surface area (Å²) in [5.41, 5.74) is 0.255. The lowest BCUT2D eigenvalue weighted by atomic mass is 10.3. The van der Waals surface area contributed by atoms with Gasteiger partial charge in [-0.15, -0.1) is 11.3 Å². The van der Waals surface area contributed by atoms with Crippen molar-refractivity contribution in [3.8, 4) is 0 Å². The number of benzene rings is 1. The summed E-state index contributed by atoms with van der Waals surface area (Å²) < 4.78 is 27.0. The number of carboxylic acid groups (broad SMARTS) is 1. The van der Waals surface area contributed by atoms with Gasteiger partial charge in [-0.25, -0.2) is 13.2 Å². The SMILES string of the molecule is O=C(O)c1csc(S(=O)(=O)Nc2ccc(Cl)cc2Br)c1. The number of carbonyl (C=O) groups is 1. The van der Waals surface area contributed by atoms with Gasteiger partial charge in [-0.1, -0.05) is 11.6 Å². The monoisotopic (exact) mass is 395 g/mol. The van der Waals surface area contributed by atoms with Crippen LogP contribution in [0.1, 0.15) is 10.4 Å². The normalized spacial score (nSPS) is 11.3. The van der Waals surface area contributed by atoms with Gasteiger partial charge < -0.3 is 5.11 Å². The van der Waals surface area contributed by atoms with Crippen molar-refractivity contribution in [3.63, 3.8) is 0 Å². The minimum atomic E-state index is -3.83. The molecule has 0 atom stereocenters. The Morgan fingerprint density at radius 3 is 2.60 bits per heavy atom. The molecule has 1 heterocycles. The van der Waals surface area contributed by atoms with Gasteiger partial charge in [0, 0.05) is 14.9 Å². The Balaban J connectivity index is 2.33. The Morgan fingerprint density at radius 2 is 2.05 bits per heavy atom. The number of hydrogen-bond acceptors (Lipinski definition) is 4. The largest absolute Gasteiger partial charge is 0.478 e. The average molecular weight is 397 g/mol. The van der Waals surface area contributed by atoms with Crippen LogP contribution in [0.4, 0.5) is 5.69 Å². The van der Waals surface area contributed by atoms with E-state index in [9.17, 15) is 13.2 Å². The minimum absolute atomic E-state index is 0.0643. The highest BCUT2D eigenvalue weighted by Crippen LogP contribution is 2.29. The van der Waals surface area contributed by atoms with E-state index in [1.165, 1.54) is 11.4 Å². The third kappa shape index (κ3) is 3.32. The Labute approximate surface area is 132 Å². The number of sulfonamides is 1. The molecule has 2 N–H and O–H groups in total. The molecule has 0 amide bonds. The van der Waals surface area contributed by atoms with Crippen LogP contribution in [-0.2, 0) is 10.0 Å². The number of aromatic carboxylic acids is 1. The lowest BCUT2D eigenvalue weighted by Crippen LogP contribution is -2.12. The zero-order valence-electron chi connectivity index (χ0n) is 9.63. The molecule has 0 aliphatic rings. The van der Waals surface area contributed by atoms with Gasteiger partial charge in [0.2, 0.25) is 0 Å². The van der Waals surface area contributed by atoms with E-state index in [2.05, 4.69) is 20.7 Å². The number of rotatable bonds is 4. The van der Waals surface area contributed by atoms with E-state index < -0.39 is 16.0 Å². The number of carboxylic acids is 1. The number of anilines is 1. The number of hydrogen-bond donors (Lipinski definition) is 2. The second-order valence-corrected chi connectivity index (χ2v) is 7.80. The Kier molecular flexibility index (Phi) is 4.38. The third-order valence-corrected chi connectivity index (χ3v) is 5.96. The molecule has 0 aliphatic carbocycles. The molecule has 0 spiro atoms. The summed E-state index contributed by atoms with van der Waals surface area (Å²) in [6.45, 7) is 0. The van der Waals surface area contributed by atoms with Crippen molar-refractivity contribution in [3.05, 3.63) is 44.7 Å². The van der Waals surface area contributed by atoms with Gasteiger partial charge in [0.15, 0.2) is 0 Å². The van der Waals surface area contributed by atoms with Crippen molar-refractivity contribution in [2.75, 3.05) is 4.72 Å². The van der Waals surface area contributed by atoms with Crippen molar-refractivity contribution in [1.82, 2.24) is 0 Å². The molecular formula is C11H7BrClNO4S2. The highest BCUT2D eigenvalue weighted by atomic mass is 79.9. The zero-order valence-corrected chi connectivity index (χ0v) is 13.6. The van der Waals surface area contributed by atoms with Crippen LogP contribution in [0.2, 0.25) is 5.02 Å². The standard InChI is InChI=1S/C11H7BrClNO4S2/c12-8-4-7(13)1-2-9(8)14-20(17,18)10-3-6(5-19-10)11(15)16/h1-5,14H,(H,15,16). The van der Waals surface area contributed by atoms with Crippen LogP contribution in [0.25, 0.3) is 0 Å². The molecule has 20 heavy (non-hydrogen) atoms. The summed E-state index contributed by atoms with van der Waals surface area (Å²) in [7, 11) is -3.83. The van der Waals surface area contributed by atoms with Crippen LogP contribution in [0.3, 0.4) is 0 Å². The van der Waals surface area contributed by atoms with Crippen molar-refractivity contribution < 1.29 is 18.3 Å². The summed E-state index contributed by atoms with van der Waals surface area (Å²) >= 11 is 9.81. The maximum absolute atomic E-state index is 12.1. The molecule has 9 heteroatoms. The van der Waals surface area contributed by atoms with E-state index in [0.29, 0.717) is 15.2 Å². The first kappa shape index (κ1) is 15.3. The first-order chi connectivity index (χ1) is 9.29. The van der Waals surface area contributed by atoms with Crippen molar-refractivity contribution in [1.29, 1.82) is 0 Å². The van der Waals surface area contributed by atoms with Gasteiger partial charge in [-0.05, 0) is 40.2 Å². The van der Waals surface area contributed by atoms with Crippen LogP contribution in [0.15, 0.2) is 38.3 Å². The lowest BCUT2D eigenvalue weighted by molar-refractivity contribution is 0.0697. The molecule has 0 fully saturated rings. The highest BCUT2D eigenvalue weighted by Gasteiger charge is 2.20. The van der Waals surface area contributed by atoms with Gasteiger partial charge in [-0.3, -0.25) is 4.72 Å². The fourth-order valence-electron chi connectivity index (χ4n) is 1.34. The fourth-order valence-corrected chi connectivity index (χ4v) is 4.48. The zero-order chi connectivity index (χ0) is 14.9. The Bertz CT molecular complexity index is 772. The predicted octanol–water partition coefficient (Wildman–Crippen LogP) is 3.66. The first-order valence-corrected chi connectivity index (χ1v) is 8.62. The molecule has 0 radical (unpaired) electrons. The maximum atomic E-state index is 12.1. The first-order valence-electron chi connectivity index (χ1n) is 5.09. The Hall–Kier alpha value is -1.09. The van der Waals surface area contributed by atoms with Crippen molar-refractivity contribution >= 4 is 60.5 Å². The molecule has 0 saturated carbocycles. The van der Waals surface area contributed by atoms with E-state index in [1.54, 1.807) is 12.1 Å². The van der Waals surface area contributed by atoms with Crippen molar-refractivity contribution in [2.24, 2.45) is 0 Å². The summed E-state index contributed by atoms with van der Waals surface area (Å²) in [6, 6.07) is 5.71. The molecule has 2 rings (SSSR count). The highest BCUT2D eigenvalue weighted by molar-refractivity contribution is 9.10. The van der Waals surface area contributed by atoms with Gasteiger partial charge in [-0.2, -0.15) is 0 Å². The number of halogens is 2. The van der Waals surface area contributed by atoms with Crippen LogP contribution in [0, 0.1) is 0 Å². The number of nitrogens with one attached hydrogen (secondary N) is 1. The molecule has 0 bridgehead atoms. The van der Waals surface area contributed by atoms with E-state index >= 15 is 0 Å². The van der Waals surface area contributed by atoms with Crippen LogP contribution in [0.5, 0.6) is 0 Å². The van der Waals surface area contributed by atoms with Crippen LogP contribution >= 0.6 is 38.9 Å². The van der Waals surface area contributed by atoms with Gasteiger partial charge in [0.1, 0.15) is 4.21 Å². The van der Waals surface area contributed by atoms with E-state index in [0.717, 1.165) is 17.4 Å². The van der Waals surface area contributed by atoms with Gasteiger partial charge in [0.05, 0.1) is 11.3 Å². The summed E-state index contributed by atoms with van der Waals surface area (Å²) in [4.78, 5) is 10.8. The molecule has 2 aromatic rings. The van der Waals surface area contributed by atoms with E-state index in [4.69, 9.17) is 16.7 Å². The maximum Gasteiger partial charge on any atom is 0.336 e. The van der Waals surface area contributed by atoms with Gasteiger partial charge in [0.25, 0.3) is 10.0 Å². The molecule has 0 unspecified atom stereocenters. The quantitative estimate of drug-likeness (QED) is 0.826. The van der Waals surface area contributed by atoms with E-state index in [-0.39, 0.29) is 9.77 Å². The second-order valence-electron chi connectivity index (χ2n) is 3.69. The van der Waals surface area contributed by atoms with E-state index in [1.807, 2.05) is 0 Å². The molecule has 0 saturated heterocycles. The Morgan fingerprint density at radius 1 is 1.35 bits per heavy atom. The fraction of sp³-hybridized carbons (Fsp3) is 0. The molecule has 106 valence electrons. The van der Waals surface area contributed by atoms with Crippen LogP contribution in [-0.4, -0.2) is 19.5 Å². The topological polar surface area (TPSA) is 83.5 Å². The second kappa shape index (κ2) is 5.72. The van der Waals surface area contributed by atoms with Crippen LogP contribution < -0.4 is 4.72 Å². The summed E-state index contributed by atoms with van der Waals surface area (Å²) in [5.74, 6) is -1.17. The molecule has 1 aromatic carbocycles. The number of thiophene rings is 1. The summed E-state index contributed by atoms with van der Waals surface area (Å²) in [6.07, 6.45) is 0.